The third-order valence-corrected chi connectivity index (χ3v) is 2.57. The normalized spacial score (nSPS) is 12.6. The maximum Gasteiger partial charge on any atom is 0.146 e. The SMILES string of the molecule is CC(=O)C(N)Cc1cc(Cl)ccc1Cl. The lowest BCUT2D eigenvalue weighted by atomic mass is 10.0. The van der Waals surface area contributed by atoms with Crippen LogP contribution in [0.25, 0.3) is 0 Å². The molecule has 1 aromatic rings. The number of hydrogen-bond acceptors (Lipinski definition) is 2. The Hall–Kier alpha value is -0.570. The molecule has 0 aliphatic heterocycles. The van der Waals surface area contributed by atoms with Crippen LogP contribution in [0, 0.1) is 0 Å². The summed E-state index contributed by atoms with van der Waals surface area (Å²) in [6, 6.07) is 4.62. The summed E-state index contributed by atoms with van der Waals surface area (Å²) in [5, 5.41) is 1.19. The van der Waals surface area contributed by atoms with Crippen LogP contribution in [0.3, 0.4) is 0 Å². The largest absolute Gasteiger partial charge is 0.321 e. The quantitative estimate of drug-likeness (QED) is 0.869. The molecule has 0 amide bonds. The highest BCUT2D eigenvalue weighted by Crippen LogP contribution is 2.21. The van der Waals surface area contributed by atoms with E-state index in [0.29, 0.717) is 16.5 Å². The van der Waals surface area contributed by atoms with Crippen molar-refractivity contribution in [2.75, 3.05) is 0 Å². The fourth-order valence-corrected chi connectivity index (χ4v) is 1.47. The highest BCUT2D eigenvalue weighted by atomic mass is 35.5. The first kappa shape index (κ1) is 11.5. The lowest BCUT2D eigenvalue weighted by molar-refractivity contribution is -0.118. The molecule has 0 saturated heterocycles. The van der Waals surface area contributed by atoms with Gasteiger partial charge in [-0.3, -0.25) is 4.79 Å². The number of nitrogens with two attached hydrogens (primary N) is 1. The standard InChI is InChI=1S/C10H11Cl2NO/c1-6(14)10(13)5-7-4-8(11)2-3-9(7)12/h2-4,10H,5,13H2,1H3. The first-order valence-corrected chi connectivity index (χ1v) is 4.96. The lowest BCUT2D eigenvalue weighted by Gasteiger charge is -2.09. The van der Waals surface area contributed by atoms with Gasteiger partial charge in [0, 0.05) is 10.0 Å². The van der Waals surface area contributed by atoms with Gasteiger partial charge in [0.1, 0.15) is 5.78 Å². The van der Waals surface area contributed by atoms with Crippen molar-refractivity contribution in [2.24, 2.45) is 5.73 Å². The van der Waals surface area contributed by atoms with Gasteiger partial charge in [0.25, 0.3) is 0 Å². The Labute approximate surface area is 93.0 Å². The molecule has 1 rings (SSSR count). The molecular weight excluding hydrogens is 221 g/mol. The third-order valence-electron chi connectivity index (χ3n) is 1.97. The van der Waals surface area contributed by atoms with Crippen LogP contribution in [0.2, 0.25) is 10.0 Å². The predicted octanol–water partition coefficient (Wildman–Crippen LogP) is 2.45. The molecule has 76 valence electrons. The maximum absolute atomic E-state index is 10.9. The van der Waals surface area contributed by atoms with Crippen LogP contribution < -0.4 is 5.73 Å². The second kappa shape index (κ2) is 4.78. The molecule has 2 N–H and O–H groups in total. The van der Waals surface area contributed by atoms with Gasteiger partial charge in [0.15, 0.2) is 0 Å². The summed E-state index contributed by atoms with van der Waals surface area (Å²) in [5.41, 5.74) is 6.42. The number of hydrogen-bond donors (Lipinski definition) is 1. The zero-order valence-electron chi connectivity index (χ0n) is 7.76. The van der Waals surface area contributed by atoms with E-state index in [1.54, 1.807) is 18.2 Å². The molecule has 4 heteroatoms. The van der Waals surface area contributed by atoms with Crippen LogP contribution in [-0.2, 0) is 11.2 Å². The van der Waals surface area contributed by atoms with Crippen LogP contribution in [0.5, 0.6) is 0 Å². The fourth-order valence-electron chi connectivity index (χ4n) is 1.08. The molecule has 1 aromatic carbocycles. The topological polar surface area (TPSA) is 43.1 Å². The summed E-state index contributed by atoms with van der Waals surface area (Å²) >= 11 is 11.7. The van der Waals surface area contributed by atoms with Crippen molar-refractivity contribution >= 4 is 29.0 Å². The van der Waals surface area contributed by atoms with E-state index in [2.05, 4.69) is 0 Å². The second-order valence-electron chi connectivity index (χ2n) is 3.16. The maximum atomic E-state index is 10.9. The zero-order chi connectivity index (χ0) is 10.7. The number of halogens is 2. The summed E-state index contributed by atoms with van der Waals surface area (Å²) in [6.07, 6.45) is 0.425. The monoisotopic (exact) mass is 231 g/mol. The molecule has 0 aromatic heterocycles. The van der Waals surface area contributed by atoms with Crippen LogP contribution in [0.15, 0.2) is 18.2 Å². The molecule has 0 saturated carbocycles. The fraction of sp³-hybridized carbons (Fsp3) is 0.300. The van der Waals surface area contributed by atoms with E-state index in [0.717, 1.165) is 5.56 Å². The van der Waals surface area contributed by atoms with E-state index < -0.39 is 6.04 Å². The average Bonchev–Trinajstić information content (AvgIpc) is 2.11. The van der Waals surface area contributed by atoms with E-state index in [-0.39, 0.29) is 5.78 Å². The molecule has 0 fully saturated rings. The summed E-state index contributed by atoms with van der Waals surface area (Å²) in [6.45, 7) is 1.46. The van der Waals surface area contributed by atoms with E-state index in [1.165, 1.54) is 6.92 Å². The molecule has 1 unspecified atom stereocenters. The Bertz CT molecular complexity index is 352. The molecule has 0 bridgehead atoms. The van der Waals surface area contributed by atoms with E-state index in [4.69, 9.17) is 28.9 Å². The average molecular weight is 232 g/mol. The molecule has 0 aliphatic carbocycles. The van der Waals surface area contributed by atoms with Gasteiger partial charge in [0.2, 0.25) is 0 Å². The van der Waals surface area contributed by atoms with Gasteiger partial charge in [0.05, 0.1) is 6.04 Å². The van der Waals surface area contributed by atoms with Gasteiger partial charge < -0.3 is 5.73 Å². The van der Waals surface area contributed by atoms with Crippen LogP contribution in [-0.4, -0.2) is 11.8 Å². The lowest BCUT2D eigenvalue weighted by Crippen LogP contribution is -2.30. The van der Waals surface area contributed by atoms with Crippen molar-refractivity contribution in [3.63, 3.8) is 0 Å². The summed E-state index contributed by atoms with van der Waals surface area (Å²) < 4.78 is 0. The predicted molar refractivity (Wildman–Crippen MR) is 58.8 cm³/mol. The minimum atomic E-state index is -0.508. The minimum absolute atomic E-state index is 0.0546. The molecular formula is C10H11Cl2NO. The summed E-state index contributed by atoms with van der Waals surface area (Å²) in [5.74, 6) is -0.0546. The van der Waals surface area contributed by atoms with Crippen LogP contribution >= 0.6 is 23.2 Å². The van der Waals surface area contributed by atoms with E-state index >= 15 is 0 Å². The number of benzene rings is 1. The van der Waals surface area contributed by atoms with Crippen molar-refractivity contribution in [3.8, 4) is 0 Å². The summed E-state index contributed by atoms with van der Waals surface area (Å²) in [7, 11) is 0. The Kier molecular flexibility index (Phi) is 3.93. The Balaban J connectivity index is 2.85. The van der Waals surface area contributed by atoms with Crippen molar-refractivity contribution in [1.29, 1.82) is 0 Å². The van der Waals surface area contributed by atoms with Gasteiger partial charge >= 0.3 is 0 Å². The van der Waals surface area contributed by atoms with Crippen molar-refractivity contribution in [3.05, 3.63) is 33.8 Å². The number of carbonyl (C=O) groups excluding carboxylic acids is 1. The molecule has 2 nitrogen and oxygen atoms in total. The zero-order valence-corrected chi connectivity index (χ0v) is 9.27. The van der Waals surface area contributed by atoms with Gasteiger partial charge in [-0.25, -0.2) is 0 Å². The molecule has 0 radical (unpaired) electrons. The number of Topliss-reactive ketones (excluding diaryl/α,β-unsaturated/α-hetero) is 1. The van der Waals surface area contributed by atoms with Gasteiger partial charge in [-0.2, -0.15) is 0 Å². The first-order valence-electron chi connectivity index (χ1n) is 4.20. The number of rotatable bonds is 3. The second-order valence-corrected chi connectivity index (χ2v) is 4.00. The van der Waals surface area contributed by atoms with Crippen LogP contribution in [0.4, 0.5) is 0 Å². The van der Waals surface area contributed by atoms with Gasteiger partial charge in [-0.15, -0.1) is 0 Å². The summed E-state index contributed by atoms with van der Waals surface area (Å²) in [4.78, 5) is 10.9. The third kappa shape index (κ3) is 2.98. The van der Waals surface area contributed by atoms with Crippen molar-refractivity contribution < 1.29 is 4.79 Å². The first-order chi connectivity index (χ1) is 6.50. The Morgan fingerprint density at radius 3 is 2.71 bits per heavy atom. The molecule has 1 atom stereocenters. The van der Waals surface area contributed by atoms with Crippen LogP contribution in [0.1, 0.15) is 12.5 Å². The highest BCUT2D eigenvalue weighted by Gasteiger charge is 2.11. The molecule has 0 spiro atoms. The Morgan fingerprint density at radius 1 is 1.50 bits per heavy atom. The van der Waals surface area contributed by atoms with Gasteiger partial charge in [-0.1, -0.05) is 23.2 Å². The van der Waals surface area contributed by atoms with Crippen molar-refractivity contribution in [1.82, 2.24) is 0 Å². The molecule has 0 aliphatic rings. The van der Waals surface area contributed by atoms with E-state index in [9.17, 15) is 4.79 Å². The number of carbonyl (C=O) groups is 1. The number of ketones is 1. The minimum Gasteiger partial charge on any atom is -0.321 e. The van der Waals surface area contributed by atoms with Gasteiger partial charge in [-0.05, 0) is 37.1 Å². The van der Waals surface area contributed by atoms with E-state index in [1.807, 2.05) is 0 Å². The molecule has 0 heterocycles. The smallest absolute Gasteiger partial charge is 0.146 e. The molecule has 14 heavy (non-hydrogen) atoms. The van der Waals surface area contributed by atoms with Crippen molar-refractivity contribution in [2.45, 2.75) is 19.4 Å². The Morgan fingerprint density at radius 2 is 2.14 bits per heavy atom. The highest BCUT2D eigenvalue weighted by molar-refractivity contribution is 6.33.